The molecule has 20 heavy (non-hydrogen) atoms. The van der Waals surface area contributed by atoms with Crippen LogP contribution in [0.5, 0.6) is 5.75 Å². The van der Waals surface area contributed by atoms with Gasteiger partial charge in [0.1, 0.15) is 5.75 Å². The van der Waals surface area contributed by atoms with Gasteiger partial charge in [0, 0.05) is 18.9 Å². The standard InChI is InChI=1S/C17H22N2O/c1-4-9-20-17-10-13(2)5-6-16(17)19-12-15-11-18-8-7-14(15)3/h5-8,10-11,19H,4,9,12H2,1-3H3. The summed E-state index contributed by atoms with van der Waals surface area (Å²) in [5.41, 5.74) is 4.69. The van der Waals surface area contributed by atoms with E-state index in [-0.39, 0.29) is 0 Å². The highest BCUT2D eigenvalue weighted by Crippen LogP contribution is 2.26. The number of hydrogen-bond acceptors (Lipinski definition) is 3. The van der Waals surface area contributed by atoms with Crippen LogP contribution in [0.25, 0.3) is 0 Å². The lowest BCUT2D eigenvalue weighted by atomic mass is 10.1. The van der Waals surface area contributed by atoms with E-state index in [2.05, 4.69) is 49.3 Å². The second-order valence-corrected chi connectivity index (χ2v) is 5.00. The number of pyridine rings is 1. The third-order valence-electron chi connectivity index (χ3n) is 3.22. The van der Waals surface area contributed by atoms with E-state index < -0.39 is 0 Å². The average Bonchev–Trinajstić information content (AvgIpc) is 2.45. The number of anilines is 1. The molecule has 0 fully saturated rings. The molecular formula is C17H22N2O. The summed E-state index contributed by atoms with van der Waals surface area (Å²) in [7, 11) is 0. The van der Waals surface area contributed by atoms with Gasteiger partial charge in [-0.1, -0.05) is 13.0 Å². The van der Waals surface area contributed by atoms with E-state index in [1.807, 2.05) is 18.5 Å². The van der Waals surface area contributed by atoms with Gasteiger partial charge in [0.15, 0.2) is 0 Å². The maximum atomic E-state index is 5.81. The molecule has 0 aliphatic rings. The van der Waals surface area contributed by atoms with E-state index in [0.717, 1.165) is 31.0 Å². The lowest BCUT2D eigenvalue weighted by molar-refractivity contribution is 0.318. The predicted molar refractivity (Wildman–Crippen MR) is 83.3 cm³/mol. The minimum Gasteiger partial charge on any atom is -0.491 e. The fourth-order valence-electron chi connectivity index (χ4n) is 1.98. The summed E-state index contributed by atoms with van der Waals surface area (Å²) in [5.74, 6) is 0.924. The van der Waals surface area contributed by atoms with Crippen molar-refractivity contribution in [2.45, 2.75) is 33.7 Å². The minimum atomic E-state index is 0.740. The van der Waals surface area contributed by atoms with Gasteiger partial charge >= 0.3 is 0 Å². The molecule has 1 aromatic carbocycles. The molecule has 0 atom stereocenters. The topological polar surface area (TPSA) is 34.1 Å². The molecule has 1 heterocycles. The normalized spacial score (nSPS) is 10.3. The summed E-state index contributed by atoms with van der Waals surface area (Å²) in [6.45, 7) is 7.79. The Morgan fingerprint density at radius 1 is 1.20 bits per heavy atom. The molecule has 0 amide bonds. The van der Waals surface area contributed by atoms with E-state index in [0.29, 0.717) is 0 Å². The second-order valence-electron chi connectivity index (χ2n) is 5.00. The molecule has 0 aliphatic heterocycles. The van der Waals surface area contributed by atoms with Gasteiger partial charge in [-0.05, 0) is 55.2 Å². The lowest BCUT2D eigenvalue weighted by Crippen LogP contribution is -2.05. The highest BCUT2D eigenvalue weighted by atomic mass is 16.5. The van der Waals surface area contributed by atoms with Crippen molar-refractivity contribution in [2.24, 2.45) is 0 Å². The van der Waals surface area contributed by atoms with Crippen molar-refractivity contribution in [3.8, 4) is 5.75 Å². The zero-order chi connectivity index (χ0) is 14.4. The third kappa shape index (κ3) is 3.73. The first-order valence-corrected chi connectivity index (χ1v) is 7.07. The van der Waals surface area contributed by atoms with Crippen LogP contribution in [0.2, 0.25) is 0 Å². The summed E-state index contributed by atoms with van der Waals surface area (Å²) in [6, 6.07) is 8.28. The molecule has 0 spiro atoms. The fraction of sp³-hybridized carbons (Fsp3) is 0.353. The maximum absolute atomic E-state index is 5.81. The van der Waals surface area contributed by atoms with Crippen LogP contribution < -0.4 is 10.1 Å². The Labute approximate surface area is 121 Å². The van der Waals surface area contributed by atoms with Crippen LogP contribution in [0.4, 0.5) is 5.69 Å². The molecule has 0 saturated carbocycles. The molecule has 0 radical (unpaired) electrons. The van der Waals surface area contributed by atoms with Crippen LogP contribution >= 0.6 is 0 Å². The molecular weight excluding hydrogens is 248 g/mol. The second kappa shape index (κ2) is 6.94. The van der Waals surface area contributed by atoms with Crippen molar-refractivity contribution < 1.29 is 4.74 Å². The third-order valence-corrected chi connectivity index (χ3v) is 3.22. The average molecular weight is 270 g/mol. The molecule has 106 valence electrons. The lowest BCUT2D eigenvalue weighted by Gasteiger charge is -2.14. The summed E-state index contributed by atoms with van der Waals surface area (Å²) in [5, 5.41) is 3.44. The number of rotatable bonds is 6. The van der Waals surface area contributed by atoms with Crippen molar-refractivity contribution in [1.82, 2.24) is 4.98 Å². The maximum Gasteiger partial charge on any atom is 0.142 e. The highest BCUT2D eigenvalue weighted by Gasteiger charge is 2.05. The highest BCUT2D eigenvalue weighted by molar-refractivity contribution is 5.58. The Hall–Kier alpha value is -2.03. The van der Waals surface area contributed by atoms with Crippen LogP contribution in [0.3, 0.4) is 0 Å². The van der Waals surface area contributed by atoms with E-state index >= 15 is 0 Å². The Morgan fingerprint density at radius 2 is 2.05 bits per heavy atom. The Balaban J connectivity index is 2.10. The van der Waals surface area contributed by atoms with Crippen molar-refractivity contribution >= 4 is 5.69 Å². The van der Waals surface area contributed by atoms with Gasteiger partial charge < -0.3 is 10.1 Å². The van der Waals surface area contributed by atoms with Crippen LogP contribution in [0.1, 0.15) is 30.0 Å². The van der Waals surface area contributed by atoms with Crippen LogP contribution in [-0.2, 0) is 6.54 Å². The molecule has 2 rings (SSSR count). The summed E-state index contributed by atoms with van der Waals surface area (Å²) < 4.78 is 5.81. The van der Waals surface area contributed by atoms with Gasteiger partial charge in [-0.15, -0.1) is 0 Å². The fourth-order valence-corrected chi connectivity index (χ4v) is 1.98. The first-order chi connectivity index (χ1) is 9.70. The number of benzene rings is 1. The SMILES string of the molecule is CCCOc1cc(C)ccc1NCc1cnccc1C. The molecule has 2 aromatic rings. The zero-order valence-electron chi connectivity index (χ0n) is 12.4. The number of nitrogens with one attached hydrogen (secondary N) is 1. The monoisotopic (exact) mass is 270 g/mol. The molecule has 3 heteroatoms. The molecule has 1 N–H and O–H groups in total. The predicted octanol–water partition coefficient (Wildman–Crippen LogP) is 4.10. The Kier molecular flexibility index (Phi) is 4.99. The zero-order valence-corrected chi connectivity index (χ0v) is 12.4. The number of aromatic nitrogens is 1. The van der Waals surface area contributed by atoms with Crippen molar-refractivity contribution in [1.29, 1.82) is 0 Å². The van der Waals surface area contributed by atoms with Crippen molar-refractivity contribution in [2.75, 3.05) is 11.9 Å². The summed E-state index contributed by atoms with van der Waals surface area (Å²) >= 11 is 0. The van der Waals surface area contributed by atoms with Gasteiger partial charge in [-0.3, -0.25) is 4.98 Å². The molecule has 0 saturated heterocycles. The largest absolute Gasteiger partial charge is 0.491 e. The molecule has 1 aromatic heterocycles. The van der Waals surface area contributed by atoms with Gasteiger partial charge in [0.2, 0.25) is 0 Å². The van der Waals surface area contributed by atoms with E-state index in [4.69, 9.17) is 4.74 Å². The van der Waals surface area contributed by atoms with Crippen LogP contribution in [0, 0.1) is 13.8 Å². The van der Waals surface area contributed by atoms with E-state index in [9.17, 15) is 0 Å². The number of ether oxygens (including phenoxy) is 1. The van der Waals surface area contributed by atoms with E-state index in [1.165, 1.54) is 16.7 Å². The number of hydrogen-bond donors (Lipinski definition) is 1. The quantitative estimate of drug-likeness (QED) is 0.858. The van der Waals surface area contributed by atoms with Gasteiger partial charge in [-0.2, -0.15) is 0 Å². The molecule has 0 bridgehead atoms. The van der Waals surface area contributed by atoms with Crippen molar-refractivity contribution in [3.05, 3.63) is 53.3 Å². The Morgan fingerprint density at radius 3 is 2.80 bits per heavy atom. The number of aryl methyl sites for hydroxylation is 2. The van der Waals surface area contributed by atoms with Crippen molar-refractivity contribution in [3.63, 3.8) is 0 Å². The van der Waals surface area contributed by atoms with Crippen LogP contribution in [0.15, 0.2) is 36.7 Å². The molecule has 0 unspecified atom stereocenters. The van der Waals surface area contributed by atoms with Gasteiger partial charge in [0.05, 0.1) is 12.3 Å². The first kappa shape index (κ1) is 14.4. The van der Waals surface area contributed by atoms with Gasteiger partial charge in [0.25, 0.3) is 0 Å². The summed E-state index contributed by atoms with van der Waals surface area (Å²) in [4.78, 5) is 4.17. The Bertz CT molecular complexity index is 567. The van der Waals surface area contributed by atoms with Gasteiger partial charge in [-0.25, -0.2) is 0 Å². The first-order valence-electron chi connectivity index (χ1n) is 7.07. The van der Waals surface area contributed by atoms with E-state index in [1.54, 1.807) is 0 Å². The number of nitrogens with zero attached hydrogens (tertiary/aromatic N) is 1. The smallest absolute Gasteiger partial charge is 0.142 e. The van der Waals surface area contributed by atoms with Crippen LogP contribution in [-0.4, -0.2) is 11.6 Å². The molecule has 0 aliphatic carbocycles. The molecule has 3 nitrogen and oxygen atoms in total. The minimum absolute atomic E-state index is 0.740. The summed E-state index contributed by atoms with van der Waals surface area (Å²) in [6.07, 6.45) is 4.73.